The fourth-order valence-electron chi connectivity index (χ4n) is 3.14. The zero-order chi connectivity index (χ0) is 13.8. The molecule has 2 unspecified atom stereocenters. The minimum atomic E-state index is -0.166. The van der Waals surface area contributed by atoms with Gasteiger partial charge in [0.15, 0.2) is 0 Å². The van der Waals surface area contributed by atoms with Crippen LogP contribution in [-0.2, 0) is 0 Å². The van der Waals surface area contributed by atoms with E-state index in [1.807, 2.05) is 6.07 Å². The van der Waals surface area contributed by atoms with Crippen molar-refractivity contribution in [2.45, 2.75) is 52.0 Å². The van der Waals surface area contributed by atoms with Crippen molar-refractivity contribution in [2.24, 2.45) is 11.8 Å². The van der Waals surface area contributed by atoms with Crippen molar-refractivity contribution in [1.29, 1.82) is 0 Å². The molecule has 1 fully saturated rings. The number of rotatable bonds is 4. The number of halogens is 2. The predicted molar refractivity (Wildman–Crippen MR) is 82.9 cm³/mol. The SMILES string of the molecule is CC(C)CC1CCCC(Nc2c(F)cccc2Br)C1. The molecule has 0 aromatic heterocycles. The third kappa shape index (κ3) is 4.20. The summed E-state index contributed by atoms with van der Waals surface area (Å²) >= 11 is 3.43. The fourth-order valence-corrected chi connectivity index (χ4v) is 3.60. The van der Waals surface area contributed by atoms with E-state index in [9.17, 15) is 4.39 Å². The molecule has 1 saturated carbocycles. The van der Waals surface area contributed by atoms with Gasteiger partial charge in [-0.1, -0.05) is 32.8 Å². The quantitative estimate of drug-likeness (QED) is 0.758. The third-order valence-electron chi connectivity index (χ3n) is 3.90. The van der Waals surface area contributed by atoms with Gasteiger partial charge in [-0.3, -0.25) is 0 Å². The molecule has 0 aliphatic heterocycles. The monoisotopic (exact) mass is 327 g/mol. The van der Waals surface area contributed by atoms with E-state index in [-0.39, 0.29) is 5.82 Å². The number of nitrogens with one attached hydrogen (secondary N) is 1. The highest BCUT2D eigenvalue weighted by Gasteiger charge is 2.23. The summed E-state index contributed by atoms with van der Waals surface area (Å²) in [6, 6.07) is 5.54. The van der Waals surface area contributed by atoms with E-state index in [0.29, 0.717) is 11.7 Å². The maximum absolute atomic E-state index is 13.8. The normalized spacial score (nSPS) is 23.6. The molecule has 1 N–H and O–H groups in total. The van der Waals surface area contributed by atoms with Crippen molar-refractivity contribution >= 4 is 21.6 Å². The summed E-state index contributed by atoms with van der Waals surface area (Å²) in [6.07, 6.45) is 6.18. The van der Waals surface area contributed by atoms with Crippen LogP contribution in [0.3, 0.4) is 0 Å². The van der Waals surface area contributed by atoms with E-state index < -0.39 is 0 Å². The van der Waals surface area contributed by atoms with Crippen LogP contribution in [-0.4, -0.2) is 6.04 Å². The average molecular weight is 328 g/mol. The molecule has 0 spiro atoms. The first-order valence-electron chi connectivity index (χ1n) is 7.26. The standard InChI is InChI=1S/C16H23BrFN/c1-11(2)9-12-5-3-6-13(10-12)19-16-14(17)7-4-8-15(16)18/h4,7-8,11-13,19H,3,5-6,9-10H2,1-2H3. The Morgan fingerprint density at radius 3 is 2.84 bits per heavy atom. The first-order chi connectivity index (χ1) is 9.06. The minimum Gasteiger partial charge on any atom is -0.379 e. The molecule has 1 aromatic rings. The van der Waals surface area contributed by atoms with Crippen LogP contribution in [0.4, 0.5) is 10.1 Å². The van der Waals surface area contributed by atoms with Crippen LogP contribution in [0.25, 0.3) is 0 Å². The van der Waals surface area contributed by atoms with Crippen molar-refractivity contribution in [3.8, 4) is 0 Å². The summed E-state index contributed by atoms with van der Waals surface area (Å²) in [5, 5.41) is 3.40. The Hall–Kier alpha value is -0.570. The largest absolute Gasteiger partial charge is 0.379 e. The second-order valence-corrected chi connectivity index (χ2v) is 6.95. The zero-order valence-corrected chi connectivity index (χ0v) is 13.3. The van der Waals surface area contributed by atoms with Gasteiger partial charge in [0, 0.05) is 10.5 Å². The van der Waals surface area contributed by atoms with Crippen molar-refractivity contribution in [3.05, 3.63) is 28.5 Å². The van der Waals surface area contributed by atoms with Gasteiger partial charge in [-0.25, -0.2) is 4.39 Å². The topological polar surface area (TPSA) is 12.0 Å². The van der Waals surface area contributed by atoms with Gasteiger partial charge >= 0.3 is 0 Å². The summed E-state index contributed by atoms with van der Waals surface area (Å²) < 4.78 is 14.6. The van der Waals surface area contributed by atoms with Crippen LogP contribution in [0.5, 0.6) is 0 Å². The molecule has 1 aliphatic carbocycles. The number of benzene rings is 1. The molecule has 0 saturated heterocycles. The van der Waals surface area contributed by atoms with Crippen LogP contribution >= 0.6 is 15.9 Å². The highest BCUT2D eigenvalue weighted by molar-refractivity contribution is 9.10. The molecule has 1 nitrogen and oxygen atoms in total. The fraction of sp³-hybridized carbons (Fsp3) is 0.625. The van der Waals surface area contributed by atoms with E-state index in [2.05, 4.69) is 35.1 Å². The smallest absolute Gasteiger partial charge is 0.147 e. The summed E-state index contributed by atoms with van der Waals surface area (Å²) in [6.45, 7) is 4.56. The summed E-state index contributed by atoms with van der Waals surface area (Å²) in [4.78, 5) is 0. The van der Waals surface area contributed by atoms with Crippen molar-refractivity contribution in [3.63, 3.8) is 0 Å². The molecule has 0 heterocycles. The van der Waals surface area contributed by atoms with E-state index in [1.165, 1.54) is 31.7 Å². The van der Waals surface area contributed by atoms with Gasteiger partial charge in [-0.05, 0) is 59.2 Å². The second kappa shape index (κ2) is 6.74. The maximum Gasteiger partial charge on any atom is 0.147 e. The van der Waals surface area contributed by atoms with Crippen molar-refractivity contribution in [2.75, 3.05) is 5.32 Å². The Morgan fingerprint density at radius 2 is 2.16 bits per heavy atom. The molecule has 2 atom stereocenters. The third-order valence-corrected chi connectivity index (χ3v) is 4.56. The molecule has 1 aliphatic rings. The maximum atomic E-state index is 13.8. The molecule has 0 bridgehead atoms. The lowest BCUT2D eigenvalue weighted by atomic mass is 9.81. The molecule has 0 amide bonds. The van der Waals surface area contributed by atoms with Gasteiger partial charge in [0.05, 0.1) is 5.69 Å². The number of hydrogen-bond donors (Lipinski definition) is 1. The molecular weight excluding hydrogens is 305 g/mol. The molecular formula is C16H23BrFN. The molecule has 0 radical (unpaired) electrons. The van der Waals surface area contributed by atoms with Gasteiger partial charge < -0.3 is 5.32 Å². The van der Waals surface area contributed by atoms with Crippen molar-refractivity contribution in [1.82, 2.24) is 0 Å². The summed E-state index contributed by atoms with van der Waals surface area (Å²) in [5.41, 5.74) is 0.623. The van der Waals surface area contributed by atoms with E-state index in [1.54, 1.807) is 6.07 Å². The first-order valence-corrected chi connectivity index (χ1v) is 8.06. The van der Waals surface area contributed by atoms with Gasteiger partial charge in [0.1, 0.15) is 5.82 Å². The highest BCUT2D eigenvalue weighted by atomic mass is 79.9. The summed E-state index contributed by atoms with van der Waals surface area (Å²) in [5.74, 6) is 1.38. The highest BCUT2D eigenvalue weighted by Crippen LogP contribution is 2.33. The summed E-state index contributed by atoms with van der Waals surface area (Å²) in [7, 11) is 0. The van der Waals surface area contributed by atoms with Crippen LogP contribution in [0.15, 0.2) is 22.7 Å². The van der Waals surface area contributed by atoms with Gasteiger partial charge in [-0.2, -0.15) is 0 Å². The Bertz CT molecular complexity index is 399. The Balaban J connectivity index is 1.99. The number of anilines is 1. The van der Waals surface area contributed by atoms with E-state index in [0.717, 1.165) is 22.7 Å². The van der Waals surface area contributed by atoms with Crippen LogP contribution < -0.4 is 5.32 Å². The van der Waals surface area contributed by atoms with Crippen molar-refractivity contribution < 1.29 is 4.39 Å². The van der Waals surface area contributed by atoms with Crippen LogP contribution in [0.1, 0.15) is 46.0 Å². The van der Waals surface area contributed by atoms with Crippen LogP contribution in [0.2, 0.25) is 0 Å². The molecule has 1 aromatic carbocycles. The van der Waals surface area contributed by atoms with Gasteiger partial charge in [-0.15, -0.1) is 0 Å². The minimum absolute atomic E-state index is 0.166. The Morgan fingerprint density at radius 1 is 1.37 bits per heavy atom. The molecule has 3 heteroatoms. The van der Waals surface area contributed by atoms with Gasteiger partial charge in [0.25, 0.3) is 0 Å². The number of hydrogen-bond acceptors (Lipinski definition) is 1. The zero-order valence-electron chi connectivity index (χ0n) is 11.8. The van der Waals surface area contributed by atoms with E-state index in [4.69, 9.17) is 0 Å². The lowest BCUT2D eigenvalue weighted by molar-refractivity contribution is 0.288. The average Bonchev–Trinajstić information content (AvgIpc) is 2.34. The second-order valence-electron chi connectivity index (χ2n) is 6.10. The molecule has 106 valence electrons. The lowest BCUT2D eigenvalue weighted by Crippen LogP contribution is -2.28. The predicted octanol–water partition coefficient (Wildman–Crippen LogP) is 5.61. The number of para-hydroxylation sites is 1. The Kier molecular flexibility index (Phi) is 5.26. The van der Waals surface area contributed by atoms with E-state index >= 15 is 0 Å². The molecule has 2 rings (SSSR count). The first kappa shape index (κ1) is 14.8. The molecule has 19 heavy (non-hydrogen) atoms. The lowest BCUT2D eigenvalue weighted by Gasteiger charge is -2.31. The van der Waals surface area contributed by atoms with Gasteiger partial charge in [0.2, 0.25) is 0 Å². The van der Waals surface area contributed by atoms with Crippen LogP contribution in [0, 0.1) is 17.7 Å². The Labute approximate surface area is 124 Å².